The fraction of sp³-hybridized carbons (Fsp3) is 0.364. The fourth-order valence-electron chi connectivity index (χ4n) is 1.30. The number of methoxy groups -OCH3 is 1. The molecule has 0 saturated carbocycles. The highest BCUT2D eigenvalue weighted by Crippen LogP contribution is 2.26. The molecule has 1 rings (SSSR count). The number of nitrogens with zero attached hydrogens (tertiary/aromatic N) is 1. The predicted octanol–water partition coefficient (Wildman–Crippen LogP) is 2.83. The number of hydrogen-bond donors (Lipinski definition) is 0. The Balaban J connectivity index is 3.34. The zero-order valence-corrected chi connectivity index (χ0v) is 8.47. The summed E-state index contributed by atoms with van der Waals surface area (Å²) in [5.74, 6) is -0.125. The van der Waals surface area contributed by atoms with Crippen LogP contribution in [0.5, 0.6) is 5.75 Å². The first-order valence-electron chi connectivity index (χ1n) is 4.37. The van der Waals surface area contributed by atoms with Crippen LogP contribution in [0.2, 0.25) is 0 Å². The minimum absolute atomic E-state index is 0.180. The largest absolute Gasteiger partial charge is 0.494 e. The van der Waals surface area contributed by atoms with Gasteiger partial charge in [-0.1, -0.05) is 13.8 Å². The molecule has 0 aromatic heterocycles. The van der Waals surface area contributed by atoms with E-state index in [0.29, 0.717) is 5.56 Å². The molecule has 0 unspecified atom stereocenters. The molecule has 0 radical (unpaired) electrons. The van der Waals surface area contributed by atoms with Crippen molar-refractivity contribution < 1.29 is 9.13 Å². The average Bonchev–Trinajstić information content (AvgIpc) is 2.16. The van der Waals surface area contributed by atoms with Crippen LogP contribution in [0.3, 0.4) is 0 Å². The quantitative estimate of drug-likeness (QED) is 0.723. The van der Waals surface area contributed by atoms with Crippen molar-refractivity contribution in [2.75, 3.05) is 7.11 Å². The van der Waals surface area contributed by atoms with Crippen molar-refractivity contribution in [3.63, 3.8) is 0 Å². The Labute approximate surface area is 82.9 Å². The SMILES string of the molecule is COc1cc(C(C)C)c(C#N)cc1F. The van der Waals surface area contributed by atoms with Crippen LogP contribution in [-0.4, -0.2) is 7.11 Å². The summed E-state index contributed by atoms with van der Waals surface area (Å²) in [4.78, 5) is 0. The molecule has 0 N–H and O–H groups in total. The summed E-state index contributed by atoms with van der Waals surface area (Å²) in [5, 5.41) is 8.80. The monoisotopic (exact) mass is 193 g/mol. The van der Waals surface area contributed by atoms with E-state index >= 15 is 0 Å². The highest BCUT2D eigenvalue weighted by atomic mass is 19.1. The van der Waals surface area contributed by atoms with Gasteiger partial charge >= 0.3 is 0 Å². The Morgan fingerprint density at radius 1 is 1.43 bits per heavy atom. The fourth-order valence-corrected chi connectivity index (χ4v) is 1.30. The van der Waals surface area contributed by atoms with Gasteiger partial charge in [-0.05, 0) is 23.6 Å². The summed E-state index contributed by atoms with van der Waals surface area (Å²) in [7, 11) is 1.41. The van der Waals surface area contributed by atoms with E-state index in [9.17, 15) is 4.39 Å². The van der Waals surface area contributed by atoms with Crippen LogP contribution in [0.15, 0.2) is 12.1 Å². The molecular formula is C11H12FNO. The normalized spacial score (nSPS) is 10.0. The van der Waals surface area contributed by atoms with E-state index in [2.05, 4.69) is 0 Å². The molecule has 0 saturated heterocycles. The maximum atomic E-state index is 13.2. The van der Waals surface area contributed by atoms with Gasteiger partial charge in [0.1, 0.15) is 0 Å². The zero-order valence-electron chi connectivity index (χ0n) is 8.47. The second-order valence-corrected chi connectivity index (χ2v) is 3.34. The van der Waals surface area contributed by atoms with Crippen LogP contribution in [0.25, 0.3) is 0 Å². The molecule has 14 heavy (non-hydrogen) atoms. The summed E-state index contributed by atoms with van der Waals surface area (Å²) in [6.45, 7) is 3.90. The molecule has 0 heterocycles. The van der Waals surface area contributed by atoms with E-state index in [1.54, 1.807) is 6.07 Å². The van der Waals surface area contributed by atoms with Crippen LogP contribution in [0.1, 0.15) is 30.9 Å². The second-order valence-electron chi connectivity index (χ2n) is 3.34. The lowest BCUT2D eigenvalue weighted by atomic mass is 9.97. The van der Waals surface area contributed by atoms with Gasteiger partial charge in [-0.2, -0.15) is 5.26 Å². The topological polar surface area (TPSA) is 33.0 Å². The van der Waals surface area contributed by atoms with E-state index in [0.717, 1.165) is 5.56 Å². The van der Waals surface area contributed by atoms with Crippen LogP contribution in [0, 0.1) is 17.1 Å². The first kappa shape index (κ1) is 10.5. The molecule has 0 amide bonds. The predicted molar refractivity (Wildman–Crippen MR) is 51.8 cm³/mol. The zero-order chi connectivity index (χ0) is 10.7. The van der Waals surface area contributed by atoms with Crippen molar-refractivity contribution in [3.05, 3.63) is 29.1 Å². The van der Waals surface area contributed by atoms with E-state index in [4.69, 9.17) is 10.00 Å². The number of ether oxygens (including phenoxy) is 1. The molecule has 0 bridgehead atoms. The Bertz CT molecular complexity index is 380. The van der Waals surface area contributed by atoms with Crippen molar-refractivity contribution in [1.82, 2.24) is 0 Å². The van der Waals surface area contributed by atoms with E-state index in [-0.39, 0.29) is 11.7 Å². The molecule has 0 atom stereocenters. The minimum atomic E-state index is -0.492. The van der Waals surface area contributed by atoms with Crippen molar-refractivity contribution in [2.24, 2.45) is 0 Å². The van der Waals surface area contributed by atoms with Gasteiger partial charge in [0, 0.05) is 0 Å². The standard InChI is InChI=1S/C11H12FNO/c1-7(2)9-5-11(14-3)10(12)4-8(9)6-13/h4-5,7H,1-3H3. The molecule has 1 aromatic carbocycles. The first-order chi connectivity index (χ1) is 6.60. The van der Waals surface area contributed by atoms with Gasteiger partial charge in [0.05, 0.1) is 18.7 Å². The Morgan fingerprint density at radius 2 is 2.07 bits per heavy atom. The van der Waals surface area contributed by atoms with Crippen LogP contribution < -0.4 is 4.74 Å². The van der Waals surface area contributed by atoms with Gasteiger partial charge < -0.3 is 4.74 Å². The smallest absolute Gasteiger partial charge is 0.166 e. The third-order valence-electron chi connectivity index (χ3n) is 2.07. The van der Waals surface area contributed by atoms with E-state index < -0.39 is 5.82 Å². The van der Waals surface area contributed by atoms with Crippen LogP contribution in [0.4, 0.5) is 4.39 Å². The Hall–Kier alpha value is -1.56. The molecule has 3 heteroatoms. The molecule has 0 aliphatic heterocycles. The molecule has 0 fully saturated rings. The van der Waals surface area contributed by atoms with E-state index in [1.165, 1.54) is 13.2 Å². The highest BCUT2D eigenvalue weighted by molar-refractivity contribution is 5.45. The Morgan fingerprint density at radius 3 is 2.50 bits per heavy atom. The summed E-state index contributed by atoms with van der Waals surface area (Å²) >= 11 is 0. The molecule has 0 aliphatic rings. The minimum Gasteiger partial charge on any atom is -0.494 e. The summed E-state index contributed by atoms with van der Waals surface area (Å²) in [6.07, 6.45) is 0. The van der Waals surface area contributed by atoms with Gasteiger partial charge in [0.2, 0.25) is 0 Å². The number of hydrogen-bond acceptors (Lipinski definition) is 2. The van der Waals surface area contributed by atoms with Gasteiger partial charge in [-0.25, -0.2) is 4.39 Å². The number of benzene rings is 1. The van der Waals surface area contributed by atoms with Crippen LogP contribution in [-0.2, 0) is 0 Å². The summed E-state index contributed by atoms with van der Waals surface area (Å²) < 4.78 is 18.1. The van der Waals surface area contributed by atoms with Crippen molar-refractivity contribution in [3.8, 4) is 11.8 Å². The molecular weight excluding hydrogens is 181 g/mol. The van der Waals surface area contributed by atoms with Gasteiger partial charge in [0.15, 0.2) is 11.6 Å². The molecule has 1 aromatic rings. The lowest BCUT2D eigenvalue weighted by molar-refractivity contribution is 0.385. The molecule has 0 aliphatic carbocycles. The number of halogens is 1. The van der Waals surface area contributed by atoms with Crippen LogP contribution >= 0.6 is 0 Å². The van der Waals surface area contributed by atoms with Crippen molar-refractivity contribution >= 4 is 0 Å². The Kier molecular flexibility index (Phi) is 3.08. The molecule has 74 valence electrons. The van der Waals surface area contributed by atoms with Gasteiger partial charge in [-0.3, -0.25) is 0 Å². The summed E-state index contributed by atoms with van der Waals surface area (Å²) in [6, 6.07) is 4.77. The second kappa shape index (κ2) is 4.10. The highest BCUT2D eigenvalue weighted by Gasteiger charge is 2.12. The number of nitriles is 1. The third kappa shape index (κ3) is 1.85. The average molecular weight is 193 g/mol. The van der Waals surface area contributed by atoms with Gasteiger partial charge in [-0.15, -0.1) is 0 Å². The number of rotatable bonds is 2. The first-order valence-corrected chi connectivity index (χ1v) is 4.37. The third-order valence-corrected chi connectivity index (χ3v) is 2.07. The maximum Gasteiger partial charge on any atom is 0.166 e. The van der Waals surface area contributed by atoms with E-state index in [1.807, 2.05) is 19.9 Å². The maximum absolute atomic E-state index is 13.2. The lowest BCUT2D eigenvalue weighted by Crippen LogP contribution is -1.97. The van der Waals surface area contributed by atoms with Crippen molar-refractivity contribution in [2.45, 2.75) is 19.8 Å². The van der Waals surface area contributed by atoms with Gasteiger partial charge in [0.25, 0.3) is 0 Å². The lowest BCUT2D eigenvalue weighted by Gasteiger charge is -2.10. The summed E-state index contributed by atoms with van der Waals surface area (Å²) in [5.41, 5.74) is 1.18. The molecule has 0 spiro atoms. The van der Waals surface area contributed by atoms with Crippen molar-refractivity contribution in [1.29, 1.82) is 5.26 Å². The molecule has 2 nitrogen and oxygen atoms in total.